The summed E-state index contributed by atoms with van der Waals surface area (Å²) in [6, 6.07) is 0. The van der Waals surface area contributed by atoms with E-state index >= 15 is 0 Å². The van der Waals surface area contributed by atoms with Crippen molar-refractivity contribution in [3.63, 3.8) is 0 Å². The van der Waals surface area contributed by atoms with Gasteiger partial charge in [-0.3, -0.25) is 9.59 Å². The van der Waals surface area contributed by atoms with Gasteiger partial charge in [0.1, 0.15) is 18.9 Å². The number of aryl methyl sites for hydroxylation is 1. The number of methoxy groups -OCH3 is 2. The van der Waals surface area contributed by atoms with Crippen LogP contribution < -0.4 is 0 Å². The molecule has 0 unspecified atom stereocenters. The maximum Gasteiger partial charge on any atom is 0.321 e. The smallest absolute Gasteiger partial charge is 0.321 e. The van der Waals surface area contributed by atoms with E-state index in [2.05, 4.69) is 19.4 Å². The number of sulfonamides is 1. The number of carbonyl (C=O) groups excluding carboxylic acids is 2. The number of H-pyrrole nitrogens is 1. The second-order valence-corrected chi connectivity index (χ2v) is 5.66. The molecular weight excluding hydrogens is 290 g/mol. The number of hydrogen-bond donors (Lipinski definition) is 1. The van der Waals surface area contributed by atoms with Gasteiger partial charge in [0.15, 0.2) is 5.03 Å². The number of imidazole rings is 1. The van der Waals surface area contributed by atoms with E-state index < -0.39 is 35.1 Å². The Labute approximate surface area is 115 Å². The zero-order chi connectivity index (χ0) is 15.3. The van der Waals surface area contributed by atoms with Crippen molar-refractivity contribution in [1.82, 2.24) is 14.3 Å². The van der Waals surface area contributed by atoms with Gasteiger partial charge in [-0.2, -0.15) is 4.31 Å². The molecule has 0 fully saturated rings. The number of nitrogens with zero attached hydrogens (tertiary/aromatic N) is 2. The summed E-state index contributed by atoms with van der Waals surface area (Å²) in [6.07, 6.45) is 1.10. The van der Waals surface area contributed by atoms with E-state index in [0.29, 0.717) is 10.1 Å². The standard InChI is InChI=1S/C10H15N3O6S/c1-7-11-4-8(12-7)20(16,17)13(5-9(14)18-2)6-10(15)19-3/h4H,5-6H2,1-3H3,(H,11,12). The van der Waals surface area contributed by atoms with E-state index in [1.54, 1.807) is 6.92 Å². The van der Waals surface area contributed by atoms with Crippen LogP contribution in [0.5, 0.6) is 0 Å². The van der Waals surface area contributed by atoms with Crippen molar-refractivity contribution in [3.8, 4) is 0 Å². The van der Waals surface area contributed by atoms with Gasteiger partial charge in [-0.25, -0.2) is 13.4 Å². The molecule has 0 bridgehead atoms. The Kier molecular flexibility index (Phi) is 5.22. The van der Waals surface area contributed by atoms with E-state index in [0.717, 1.165) is 20.4 Å². The third-order valence-corrected chi connectivity index (χ3v) is 4.06. The molecule has 1 heterocycles. The van der Waals surface area contributed by atoms with Crippen LogP contribution in [-0.4, -0.2) is 61.9 Å². The Morgan fingerprint density at radius 1 is 1.25 bits per heavy atom. The molecule has 0 atom stereocenters. The average molecular weight is 305 g/mol. The lowest BCUT2D eigenvalue weighted by atomic mass is 10.6. The zero-order valence-electron chi connectivity index (χ0n) is 11.2. The molecule has 0 amide bonds. The van der Waals surface area contributed by atoms with Crippen LogP contribution in [0.2, 0.25) is 0 Å². The molecule has 0 aliphatic rings. The van der Waals surface area contributed by atoms with Crippen molar-refractivity contribution >= 4 is 22.0 Å². The molecule has 10 heteroatoms. The molecule has 0 aliphatic carbocycles. The molecule has 1 aromatic rings. The van der Waals surface area contributed by atoms with Gasteiger partial charge in [0.25, 0.3) is 10.0 Å². The first-order valence-corrected chi connectivity index (χ1v) is 6.90. The summed E-state index contributed by atoms with van der Waals surface area (Å²) < 4.78 is 34.0. The minimum Gasteiger partial charge on any atom is -0.468 e. The molecule has 0 aliphatic heterocycles. The van der Waals surface area contributed by atoms with Gasteiger partial charge in [-0.15, -0.1) is 0 Å². The fraction of sp³-hybridized carbons (Fsp3) is 0.500. The van der Waals surface area contributed by atoms with E-state index in [9.17, 15) is 18.0 Å². The maximum atomic E-state index is 12.3. The molecule has 112 valence electrons. The van der Waals surface area contributed by atoms with Crippen LogP contribution in [0.4, 0.5) is 0 Å². The average Bonchev–Trinajstić information content (AvgIpc) is 2.84. The summed E-state index contributed by atoms with van der Waals surface area (Å²) in [5, 5.41) is -0.220. The van der Waals surface area contributed by atoms with Crippen molar-refractivity contribution in [2.75, 3.05) is 27.3 Å². The predicted octanol–water partition coefficient (Wildman–Crippen LogP) is -0.945. The van der Waals surface area contributed by atoms with Gasteiger partial charge < -0.3 is 14.5 Å². The quantitative estimate of drug-likeness (QED) is 0.673. The normalized spacial score (nSPS) is 11.4. The Bertz CT molecular complexity index is 576. The minimum absolute atomic E-state index is 0.220. The number of aromatic nitrogens is 2. The van der Waals surface area contributed by atoms with Crippen LogP contribution in [0.1, 0.15) is 5.82 Å². The van der Waals surface area contributed by atoms with Gasteiger partial charge in [0.05, 0.1) is 20.4 Å². The lowest BCUT2D eigenvalue weighted by molar-refractivity contribution is -0.143. The summed E-state index contributed by atoms with van der Waals surface area (Å²) in [7, 11) is -1.84. The summed E-state index contributed by atoms with van der Waals surface area (Å²) in [6.45, 7) is 0.363. The van der Waals surface area contributed by atoms with Crippen molar-refractivity contribution in [3.05, 3.63) is 12.0 Å². The number of hydrogen-bond acceptors (Lipinski definition) is 7. The van der Waals surface area contributed by atoms with Crippen LogP contribution in [-0.2, 0) is 29.1 Å². The molecule has 1 aromatic heterocycles. The van der Waals surface area contributed by atoms with E-state index in [1.165, 1.54) is 0 Å². The maximum absolute atomic E-state index is 12.3. The highest BCUT2D eigenvalue weighted by atomic mass is 32.2. The molecule has 9 nitrogen and oxygen atoms in total. The van der Waals surface area contributed by atoms with Crippen LogP contribution in [0.15, 0.2) is 11.2 Å². The van der Waals surface area contributed by atoms with Gasteiger partial charge >= 0.3 is 11.9 Å². The summed E-state index contributed by atoms with van der Waals surface area (Å²) in [5.74, 6) is -1.21. The van der Waals surface area contributed by atoms with Crippen LogP contribution in [0.3, 0.4) is 0 Å². The Balaban J connectivity index is 3.07. The van der Waals surface area contributed by atoms with Crippen LogP contribution >= 0.6 is 0 Å². The lowest BCUT2D eigenvalue weighted by Gasteiger charge is -2.18. The molecule has 1 N–H and O–H groups in total. The number of ether oxygens (including phenoxy) is 2. The third-order valence-electron chi connectivity index (χ3n) is 2.36. The fourth-order valence-corrected chi connectivity index (χ4v) is 2.60. The fourth-order valence-electron chi connectivity index (χ4n) is 1.31. The minimum atomic E-state index is -4.08. The molecule has 0 saturated carbocycles. The number of rotatable bonds is 6. The van der Waals surface area contributed by atoms with E-state index in [4.69, 9.17) is 0 Å². The molecule has 0 saturated heterocycles. The first-order valence-electron chi connectivity index (χ1n) is 5.46. The highest BCUT2D eigenvalue weighted by Gasteiger charge is 2.30. The van der Waals surface area contributed by atoms with Crippen LogP contribution in [0.25, 0.3) is 0 Å². The van der Waals surface area contributed by atoms with Crippen molar-refractivity contribution in [2.45, 2.75) is 11.9 Å². The van der Waals surface area contributed by atoms with Gasteiger partial charge in [0, 0.05) is 0 Å². The molecule has 20 heavy (non-hydrogen) atoms. The number of nitrogens with one attached hydrogen (secondary N) is 1. The van der Waals surface area contributed by atoms with Gasteiger partial charge in [-0.05, 0) is 6.92 Å². The number of esters is 2. The highest BCUT2D eigenvalue weighted by Crippen LogP contribution is 2.13. The SMILES string of the molecule is COC(=O)CN(CC(=O)OC)S(=O)(=O)c1cnc(C)[nH]1. The molecule has 0 aromatic carbocycles. The second kappa shape index (κ2) is 6.48. The predicted molar refractivity (Wildman–Crippen MR) is 66.1 cm³/mol. The number of carbonyl (C=O) groups is 2. The van der Waals surface area contributed by atoms with Crippen molar-refractivity contribution in [2.24, 2.45) is 0 Å². The molecule has 0 spiro atoms. The third kappa shape index (κ3) is 3.78. The van der Waals surface area contributed by atoms with Gasteiger partial charge in [-0.1, -0.05) is 0 Å². The topological polar surface area (TPSA) is 119 Å². The molecule has 1 rings (SSSR count). The van der Waals surface area contributed by atoms with E-state index in [1.807, 2.05) is 0 Å². The lowest BCUT2D eigenvalue weighted by Crippen LogP contribution is -2.40. The van der Waals surface area contributed by atoms with Crippen LogP contribution in [0, 0.1) is 6.92 Å². The van der Waals surface area contributed by atoms with E-state index in [-0.39, 0.29) is 5.03 Å². The van der Waals surface area contributed by atoms with Crippen molar-refractivity contribution in [1.29, 1.82) is 0 Å². The highest BCUT2D eigenvalue weighted by molar-refractivity contribution is 7.89. The Morgan fingerprint density at radius 2 is 1.75 bits per heavy atom. The Morgan fingerprint density at radius 3 is 2.10 bits per heavy atom. The second-order valence-electron chi connectivity index (χ2n) is 3.76. The monoisotopic (exact) mass is 305 g/mol. The first kappa shape index (κ1) is 16.1. The van der Waals surface area contributed by atoms with Crippen molar-refractivity contribution < 1.29 is 27.5 Å². The molecular formula is C10H15N3O6S. The molecule has 0 radical (unpaired) electrons. The van der Waals surface area contributed by atoms with Gasteiger partial charge in [0.2, 0.25) is 0 Å². The summed E-state index contributed by atoms with van der Waals surface area (Å²) >= 11 is 0. The largest absolute Gasteiger partial charge is 0.468 e. The first-order chi connectivity index (χ1) is 9.31. The summed E-state index contributed by atoms with van der Waals surface area (Å²) in [4.78, 5) is 28.8. The summed E-state index contributed by atoms with van der Waals surface area (Å²) in [5.41, 5.74) is 0. The Hall–Kier alpha value is -1.94. The zero-order valence-corrected chi connectivity index (χ0v) is 12.1. The number of aromatic amines is 1.